The number of likely N-dealkylation sites (N-methyl/N-ethyl adjacent to an activating group) is 1. The van der Waals surface area contributed by atoms with Crippen LogP contribution in [0.25, 0.3) is 6.08 Å². The summed E-state index contributed by atoms with van der Waals surface area (Å²) in [6.07, 6.45) is 2.50. The van der Waals surface area contributed by atoms with Gasteiger partial charge in [-0.2, -0.15) is 0 Å². The third kappa shape index (κ3) is 3.07. The molecular weight excluding hydrogens is 354 g/mol. The summed E-state index contributed by atoms with van der Waals surface area (Å²) in [6, 6.07) is 12.2. The number of rotatable bonds is 3. The third-order valence-electron chi connectivity index (χ3n) is 5.15. The highest BCUT2D eigenvalue weighted by atomic mass is 16.2. The number of imide groups is 2. The van der Waals surface area contributed by atoms with E-state index in [1.165, 1.54) is 11.3 Å². The Hall–Kier alpha value is -3.41. The fraction of sp³-hybridized carbons (Fsp3) is 0.227. The molecule has 0 aromatic heterocycles. The maximum atomic E-state index is 13.0. The minimum Gasteiger partial charge on any atom is -0.371 e. The highest BCUT2D eigenvalue weighted by Crippen LogP contribution is 2.30. The van der Waals surface area contributed by atoms with Gasteiger partial charge in [-0.1, -0.05) is 18.2 Å². The van der Waals surface area contributed by atoms with Gasteiger partial charge in [0.1, 0.15) is 5.57 Å². The first-order valence-electron chi connectivity index (χ1n) is 9.34. The van der Waals surface area contributed by atoms with Crippen LogP contribution in [0.3, 0.4) is 0 Å². The van der Waals surface area contributed by atoms with Crippen LogP contribution in [0.2, 0.25) is 0 Å². The van der Waals surface area contributed by atoms with Crippen molar-refractivity contribution in [2.75, 3.05) is 22.9 Å². The first-order chi connectivity index (χ1) is 13.5. The first-order valence-corrected chi connectivity index (χ1v) is 9.34. The van der Waals surface area contributed by atoms with Crippen LogP contribution in [-0.4, -0.2) is 30.9 Å². The van der Waals surface area contributed by atoms with Crippen LogP contribution in [0.5, 0.6) is 0 Å². The van der Waals surface area contributed by atoms with E-state index in [1.807, 2.05) is 31.2 Å². The maximum absolute atomic E-state index is 13.0. The number of nitrogens with zero attached hydrogens (tertiary/aromatic N) is 2. The fourth-order valence-corrected chi connectivity index (χ4v) is 3.73. The molecule has 2 aromatic rings. The van der Waals surface area contributed by atoms with Gasteiger partial charge in [0.25, 0.3) is 11.8 Å². The van der Waals surface area contributed by atoms with Gasteiger partial charge in [-0.25, -0.2) is 9.69 Å². The van der Waals surface area contributed by atoms with Gasteiger partial charge >= 0.3 is 6.03 Å². The molecule has 0 aliphatic carbocycles. The number of hydrogen-bond donors (Lipinski definition) is 1. The normalized spacial score (nSPS) is 17.9. The van der Waals surface area contributed by atoms with Crippen molar-refractivity contribution in [2.24, 2.45) is 0 Å². The Balaban J connectivity index is 1.70. The number of carbonyl (C=O) groups excluding carboxylic acids is 3. The molecule has 1 saturated heterocycles. The monoisotopic (exact) mass is 375 g/mol. The fourth-order valence-electron chi connectivity index (χ4n) is 3.73. The van der Waals surface area contributed by atoms with Gasteiger partial charge in [-0.15, -0.1) is 0 Å². The van der Waals surface area contributed by atoms with Gasteiger partial charge in [0.15, 0.2) is 0 Å². The molecule has 2 aliphatic heterocycles. The summed E-state index contributed by atoms with van der Waals surface area (Å²) >= 11 is 0. The number of anilines is 2. The van der Waals surface area contributed by atoms with Gasteiger partial charge in [0, 0.05) is 18.8 Å². The number of nitrogens with one attached hydrogen (secondary N) is 1. The van der Waals surface area contributed by atoms with Gasteiger partial charge in [-0.3, -0.25) is 14.9 Å². The predicted octanol–water partition coefficient (Wildman–Crippen LogP) is 3.04. The molecule has 0 radical (unpaired) electrons. The number of barbiturate groups is 1. The van der Waals surface area contributed by atoms with Crippen molar-refractivity contribution in [3.05, 3.63) is 64.7 Å². The first kappa shape index (κ1) is 18.0. The van der Waals surface area contributed by atoms with Gasteiger partial charge in [0.05, 0.1) is 5.69 Å². The molecule has 0 unspecified atom stereocenters. The summed E-state index contributed by atoms with van der Waals surface area (Å²) in [7, 11) is 0. The van der Waals surface area contributed by atoms with E-state index < -0.39 is 17.8 Å². The third-order valence-corrected chi connectivity index (χ3v) is 5.15. The summed E-state index contributed by atoms with van der Waals surface area (Å²) < 4.78 is 0. The van der Waals surface area contributed by atoms with Crippen LogP contribution in [0.4, 0.5) is 16.2 Å². The lowest BCUT2D eigenvalue weighted by atomic mass is 10.0. The maximum Gasteiger partial charge on any atom is 0.335 e. The largest absolute Gasteiger partial charge is 0.371 e. The lowest BCUT2D eigenvalue weighted by Crippen LogP contribution is -2.54. The van der Waals surface area contributed by atoms with Gasteiger partial charge in [-0.05, 0) is 67.3 Å². The summed E-state index contributed by atoms with van der Waals surface area (Å²) in [5, 5.41) is 2.27. The average Bonchev–Trinajstić information content (AvgIpc) is 3.07. The Bertz CT molecular complexity index is 1030. The molecule has 142 valence electrons. The predicted molar refractivity (Wildman–Crippen MR) is 108 cm³/mol. The van der Waals surface area contributed by atoms with Crippen LogP contribution in [-0.2, 0) is 16.0 Å². The molecule has 4 amide bonds. The molecule has 0 spiro atoms. The van der Waals surface area contributed by atoms with Crippen molar-refractivity contribution in [3.8, 4) is 0 Å². The summed E-state index contributed by atoms with van der Waals surface area (Å²) in [5.41, 5.74) is 4.47. The molecule has 4 rings (SSSR count). The van der Waals surface area contributed by atoms with E-state index in [0.29, 0.717) is 5.69 Å². The smallest absolute Gasteiger partial charge is 0.335 e. The van der Waals surface area contributed by atoms with E-state index in [0.717, 1.165) is 35.5 Å². The van der Waals surface area contributed by atoms with E-state index in [9.17, 15) is 14.4 Å². The molecule has 1 fully saturated rings. The van der Waals surface area contributed by atoms with Crippen LogP contribution >= 0.6 is 0 Å². The second-order valence-corrected chi connectivity index (χ2v) is 7.01. The molecular formula is C22H21N3O3. The Morgan fingerprint density at radius 1 is 1.11 bits per heavy atom. The molecule has 0 bridgehead atoms. The van der Waals surface area contributed by atoms with Gasteiger partial charge in [0.2, 0.25) is 0 Å². The van der Waals surface area contributed by atoms with Crippen molar-refractivity contribution in [2.45, 2.75) is 20.3 Å². The second-order valence-electron chi connectivity index (χ2n) is 7.01. The molecule has 0 saturated carbocycles. The number of hydrogen-bond acceptors (Lipinski definition) is 4. The molecule has 6 heteroatoms. The number of aryl methyl sites for hydroxylation is 1. The molecule has 2 aliphatic rings. The zero-order valence-electron chi connectivity index (χ0n) is 15.9. The Labute approximate surface area is 163 Å². The van der Waals surface area contributed by atoms with E-state index in [2.05, 4.69) is 17.1 Å². The molecule has 2 heterocycles. The van der Waals surface area contributed by atoms with Crippen molar-refractivity contribution in [1.29, 1.82) is 0 Å². The van der Waals surface area contributed by atoms with Crippen molar-refractivity contribution >= 4 is 35.3 Å². The summed E-state index contributed by atoms with van der Waals surface area (Å²) in [4.78, 5) is 40.9. The van der Waals surface area contributed by atoms with Crippen LogP contribution in [0, 0.1) is 6.92 Å². The number of fused-ring (bicyclic) bond motifs is 1. The molecule has 28 heavy (non-hydrogen) atoms. The minimum atomic E-state index is -0.731. The van der Waals surface area contributed by atoms with E-state index in [4.69, 9.17) is 0 Å². The quantitative estimate of drug-likeness (QED) is 0.661. The SMILES string of the molecule is CCN1CCc2cc(/C=C3/C(=O)NC(=O)N(c4cccc(C)c4)C3=O)ccc21. The summed E-state index contributed by atoms with van der Waals surface area (Å²) in [6.45, 7) is 5.91. The standard InChI is InChI=1S/C22H21N3O3/c1-3-24-10-9-16-12-15(7-8-19(16)24)13-18-20(26)23-22(28)25(21(18)27)17-6-4-5-14(2)11-17/h4-8,11-13H,3,9-10H2,1-2H3,(H,23,26,28)/b18-13-. The Kier molecular flexibility index (Phi) is 4.47. The van der Waals surface area contributed by atoms with Crippen molar-refractivity contribution < 1.29 is 14.4 Å². The highest BCUT2D eigenvalue weighted by molar-refractivity contribution is 6.39. The number of carbonyl (C=O) groups is 3. The average molecular weight is 375 g/mol. The molecule has 1 N–H and O–H groups in total. The molecule has 6 nitrogen and oxygen atoms in total. The van der Waals surface area contributed by atoms with E-state index in [1.54, 1.807) is 24.3 Å². The zero-order chi connectivity index (χ0) is 19.8. The van der Waals surface area contributed by atoms with Crippen molar-refractivity contribution in [3.63, 3.8) is 0 Å². The number of urea groups is 1. The minimum absolute atomic E-state index is 0.0496. The topological polar surface area (TPSA) is 69.7 Å². The van der Waals surface area contributed by atoms with Crippen LogP contribution in [0.15, 0.2) is 48.0 Å². The Morgan fingerprint density at radius 3 is 2.68 bits per heavy atom. The molecule has 2 aromatic carbocycles. The van der Waals surface area contributed by atoms with E-state index >= 15 is 0 Å². The lowest BCUT2D eigenvalue weighted by molar-refractivity contribution is -0.122. The van der Waals surface area contributed by atoms with Crippen molar-refractivity contribution in [1.82, 2.24) is 5.32 Å². The lowest BCUT2D eigenvalue weighted by Gasteiger charge is -2.26. The van der Waals surface area contributed by atoms with E-state index in [-0.39, 0.29) is 5.57 Å². The van der Waals surface area contributed by atoms with Crippen LogP contribution in [0.1, 0.15) is 23.6 Å². The second kappa shape index (κ2) is 6.96. The van der Waals surface area contributed by atoms with Crippen LogP contribution < -0.4 is 15.1 Å². The summed E-state index contributed by atoms with van der Waals surface area (Å²) in [5.74, 6) is -1.29. The van der Waals surface area contributed by atoms with Gasteiger partial charge < -0.3 is 4.90 Å². The number of amides is 4. The highest BCUT2D eigenvalue weighted by Gasteiger charge is 2.36. The Morgan fingerprint density at radius 2 is 1.93 bits per heavy atom. The molecule has 0 atom stereocenters. The zero-order valence-corrected chi connectivity index (χ0v) is 15.9. The number of benzene rings is 2.